The summed E-state index contributed by atoms with van der Waals surface area (Å²) >= 11 is 0. The third-order valence-electron chi connectivity index (χ3n) is 1.22. The zero-order valence-corrected chi connectivity index (χ0v) is 5.20. The first kappa shape index (κ1) is 5.35. The lowest BCUT2D eigenvalue weighted by Crippen LogP contribution is -1.79. The van der Waals surface area contributed by atoms with E-state index in [0.29, 0.717) is 5.65 Å². The minimum atomic E-state index is 0.699. The van der Waals surface area contributed by atoms with E-state index in [1.807, 2.05) is 0 Å². The van der Waals surface area contributed by atoms with Crippen LogP contribution >= 0.6 is 0 Å². The Morgan fingerprint density at radius 2 is 1.60 bits per heavy atom. The van der Waals surface area contributed by atoms with Gasteiger partial charge in [0.2, 0.25) is 0 Å². The average molecular weight is 128 g/mol. The molecule has 0 radical (unpaired) electrons. The third-order valence-corrected chi connectivity index (χ3v) is 1.22. The first-order chi connectivity index (χ1) is 4.97. The van der Waals surface area contributed by atoms with Crippen molar-refractivity contribution in [2.75, 3.05) is 0 Å². The van der Waals surface area contributed by atoms with Gasteiger partial charge in [0, 0.05) is 0 Å². The molecule has 0 saturated heterocycles. The zero-order valence-electron chi connectivity index (χ0n) is 5.20. The lowest BCUT2D eigenvalue weighted by Gasteiger charge is -2.09. The fourth-order valence-corrected chi connectivity index (χ4v) is 0.790. The molecule has 2 rings (SSSR count). The predicted molar refractivity (Wildman–Crippen MR) is 37.2 cm³/mol. The highest BCUT2D eigenvalue weighted by Gasteiger charge is 1.69. The number of aromatic nitrogens is 2. The van der Waals surface area contributed by atoms with Crippen LogP contribution in [0.1, 0.15) is 0 Å². The van der Waals surface area contributed by atoms with Crippen molar-refractivity contribution in [3.05, 3.63) is 36.7 Å². The Morgan fingerprint density at radius 3 is 2.10 bits per heavy atom. The van der Waals surface area contributed by atoms with Gasteiger partial charge in [-0.25, -0.2) is 6.07 Å². The first-order valence-corrected chi connectivity index (χ1v) is 2.96. The summed E-state index contributed by atoms with van der Waals surface area (Å²) in [6, 6.07) is 9.44. The number of fused-ring (bicyclic) bond motifs is 1. The van der Waals surface area contributed by atoms with Gasteiger partial charge >= 0.3 is 0 Å². The van der Waals surface area contributed by atoms with Crippen molar-refractivity contribution >= 4 is 11.0 Å². The van der Waals surface area contributed by atoms with Gasteiger partial charge in [0.05, 0.1) is 0 Å². The summed E-state index contributed by atoms with van der Waals surface area (Å²) in [5, 5.41) is 0.838. The lowest BCUT2D eigenvalue weighted by atomic mass is 10.3. The maximum Gasteiger partial charge on any atom is -0.0115 e. The number of hydrogen-bond donors (Lipinski definition) is 0. The lowest BCUT2D eigenvalue weighted by molar-refractivity contribution is 1.28. The summed E-state index contributed by atoms with van der Waals surface area (Å²) in [6.45, 7) is 0. The Morgan fingerprint density at radius 1 is 1.00 bits per heavy atom. The predicted octanol–water partition coefficient (Wildman–Crippen LogP) is 1.23. The van der Waals surface area contributed by atoms with Crippen LogP contribution in [0, 0.1) is 12.1 Å². The number of rotatable bonds is 0. The second kappa shape index (κ2) is 2.06. The van der Waals surface area contributed by atoms with Gasteiger partial charge in [0.1, 0.15) is 0 Å². The van der Waals surface area contributed by atoms with E-state index in [2.05, 4.69) is 22.1 Å². The van der Waals surface area contributed by atoms with Crippen LogP contribution in [0.3, 0.4) is 0 Å². The second-order valence-electron chi connectivity index (χ2n) is 1.88. The van der Waals surface area contributed by atoms with Gasteiger partial charge in [-0.3, -0.25) is 17.5 Å². The Labute approximate surface area is 58.6 Å². The van der Waals surface area contributed by atoms with Gasteiger partial charge in [-0.05, 0) is 11.8 Å². The second-order valence-corrected chi connectivity index (χ2v) is 1.88. The van der Waals surface area contributed by atoms with E-state index in [0.717, 1.165) is 5.39 Å². The minimum Gasteiger partial charge on any atom is -0.430 e. The van der Waals surface area contributed by atoms with Crippen molar-refractivity contribution < 1.29 is 0 Å². The highest BCUT2D eigenvalue weighted by molar-refractivity contribution is 5.71. The van der Waals surface area contributed by atoms with Crippen molar-refractivity contribution in [1.82, 2.24) is 9.97 Å². The van der Waals surface area contributed by atoms with Crippen LogP contribution in [0.5, 0.6) is 0 Å². The quantitative estimate of drug-likeness (QED) is 0.499. The van der Waals surface area contributed by atoms with Crippen LogP contribution in [0.4, 0.5) is 0 Å². The molecule has 0 aromatic carbocycles. The van der Waals surface area contributed by atoms with Crippen LogP contribution in [-0.4, -0.2) is 9.97 Å². The van der Waals surface area contributed by atoms with Crippen LogP contribution in [0.2, 0.25) is 0 Å². The van der Waals surface area contributed by atoms with E-state index in [1.165, 1.54) is 0 Å². The van der Waals surface area contributed by atoms with Gasteiger partial charge in [-0.15, -0.1) is 12.3 Å². The van der Waals surface area contributed by atoms with Crippen molar-refractivity contribution in [3.8, 4) is 0 Å². The summed E-state index contributed by atoms with van der Waals surface area (Å²) in [7, 11) is 0. The molecule has 0 N–H and O–H groups in total. The molecule has 0 fully saturated rings. The summed E-state index contributed by atoms with van der Waals surface area (Å²) < 4.78 is 0. The van der Waals surface area contributed by atoms with E-state index in [9.17, 15) is 0 Å². The molecule has 2 nitrogen and oxygen atoms in total. The van der Waals surface area contributed by atoms with Crippen molar-refractivity contribution in [2.24, 2.45) is 0 Å². The molecule has 2 aromatic rings. The fraction of sp³-hybridized carbons (Fsp3) is 0. The molecule has 0 atom stereocenters. The molecule has 0 amide bonds. The van der Waals surface area contributed by atoms with Crippen molar-refractivity contribution in [1.29, 1.82) is 0 Å². The summed E-state index contributed by atoms with van der Waals surface area (Å²) in [6.07, 6.45) is 3.34. The van der Waals surface area contributed by atoms with E-state index in [4.69, 9.17) is 0 Å². The van der Waals surface area contributed by atoms with E-state index >= 15 is 0 Å². The highest BCUT2D eigenvalue weighted by atomic mass is 14.8. The van der Waals surface area contributed by atoms with Gasteiger partial charge in [-0.1, -0.05) is 0 Å². The Bertz CT molecular complexity index is 278. The fourth-order valence-electron chi connectivity index (χ4n) is 0.790. The molecule has 0 aliphatic rings. The Balaban J connectivity index is 2.89. The van der Waals surface area contributed by atoms with Crippen LogP contribution in [0.25, 0.3) is 11.0 Å². The first-order valence-electron chi connectivity index (χ1n) is 2.96. The number of nitrogens with zero attached hydrogens (tertiary/aromatic N) is 2. The summed E-state index contributed by atoms with van der Waals surface area (Å²) in [5.41, 5.74) is 0.699. The Kier molecular flexibility index (Phi) is 1.10. The van der Waals surface area contributed by atoms with Gasteiger partial charge in [0.25, 0.3) is 0 Å². The number of hydrogen-bond acceptors (Lipinski definition) is 2. The Hall–Kier alpha value is -1.44. The van der Waals surface area contributed by atoms with Crippen LogP contribution in [-0.2, 0) is 0 Å². The van der Waals surface area contributed by atoms with Crippen LogP contribution in [0.15, 0.2) is 24.5 Å². The maximum absolute atomic E-state index is 4.01. The normalized spacial score (nSPS) is 10.0. The van der Waals surface area contributed by atoms with Crippen molar-refractivity contribution in [3.63, 3.8) is 0 Å². The molecule has 0 spiro atoms. The SMILES string of the molecule is [c-]1ccnc2ncc[c-]c12. The van der Waals surface area contributed by atoms with Gasteiger partial charge in [-0.2, -0.15) is 0 Å². The maximum atomic E-state index is 4.01. The molecule has 2 aromatic heterocycles. The molecular formula is C8H4N2-2. The molecule has 0 saturated carbocycles. The zero-order chi connectivity index (χ0) is 6.81. The van der Waals surface area contributed by atoms with E-state index < -0.39 is 0 Å². The third kappa shape index (κ3) is 0.739. The van der Waals surface area contributed by atoms with Gasteiger partial charge in [0.15, 0.2) is 0 Å². The minimum absolute atomic E-state index is 0.699. The monoisotopic (exact) mass is 128 g/mol. The van der Waals surface area contributed by atoms with E-state index in [-0.39, 0.29) is 0 Å². The van der Waals surface area contributed by atoms with Crippen LogP contribution < -0.4 is 0 Å². The standard InChI is InChI=1S/C8H4N2/c1-3-7-4-2-6-10-8(7)9-5-1/h1-2,5-6H/q-2. The van der Waals surface area contributed by atoms with E-state index in [1.54, 1.807) is 24.5 Å². The molecule has 48 valence electrons. The molecule has 0 unspecified atom stereocenters. The summed E-state index contributed by atoms with van der Waals surface area (Å²) in [5.74, 6) is 0. The number of pyridine rings is 2. The topological polar surface area (TPSA) is 25.8 Å². The molecule has 2 heterocycles. The van der Waals surface area contributed by atoms with Gasteiger partial charge < -0.3 is 9.97 Å². The van der Waals surface area contributed by atoms with Crippen molar-refractivity contribution in [2.45, 2.75) is 0 Å². The smallest absolute Gasteiger partial charge is 0.0115 e. The average Bonchev–Trinajstić information content (AvgIpc) is 2.05. The molecule has 0 bridgehead atoms. The molecule has 0 aliphatic carbocycles. The summed E-state index contributed by atoms with van der Waals surface area (Å²) in [4.78, 5) is 8.02. The highest BCUT2D eigenvalue weighted by Crippen LogP contribution is 2.02. The molecule has 2 heteroatoms. The molecular weight excluding hydrogens is 124 g/mol. The molecule has 10 heavy (non-hydrogen) atoms. The molecule has 0 aliphatic heterocycles. The largest absolute Gasteiger partial charge is 0.430 e.